The van der Waals surface area contributed by atoms with Crippen LogP contribution in [0.1, 0.15) is 43.4 Å². The number of hydrogen-bond donors (Lipinski definition) is 0. The molecule has 1 fully saturated rings. The third-order valence-corrected chi connectivity index (χ3v) is 3.67. The summed E-state index contributed by atoms with van der Waals surface area (Å²) in [5, 5.41) is 4.40. The number of aryl methyl sites for hydroxylation is 2. The monoisotopic (exact) mass is 263 g/mol. The molecule has 19 heavy (non-hydrogen) atoms. The lowest BCUT2D eigenvalue weighted by Crippen LogP contribution is -2.43. The minimum absolute atomic E-state index is 0.00611. The predicted octanol–water partition coefficient (Wildman–Crippen LogP) is 1.52. The van der Waals surface area contributed by atoms with Crippen LogP contribution in [0.5, 0.6) is 0 Å². The molecule has 1 atom stereocenters. The van der Waals surface area contributed by atoms with Crippen molar-refractivity contribution in [1.29, 1.82) is 0 Å². The summed E-state index contributed by atoms with van der Waals surface area (Å²) in [6, 6.07) is 1.87. The molecule has 0 N–H and O–H groups in total. The normalized spacial score (nSPS) is 19.8. The standard InChI is InChI=1S/C14H21N3O2/c1-4-11-8-12(17(5-2)15-11)14(19)16-7-6-13(18)10(3)9-16/h8,10H,4-7,9H2,1-3H3. The van der Waals surface area contributed by atoms with Crippen molar-refractivity contribution in [3.63, 3.8) is 0 Å². The van der Waals surface area contributed by atoms with E-state index in [1.165, 1.54) is 0 Å². The Morgan fingerprint density at radius 3 is 2.79 bits per heavy atom. The predicted molar refractivity (Wildman–Crippen MR) is 72.0 cm³/mol. The first-order chi connectivity index (χ1) is 9.06. The number of ketones is 1. The van der Waals surface area contributed by atoms with Crippen LogP contribution < -0.4 is 0 Å². The van der Waals surface area contributed by atoms with Gasteiger partial charge in [-0.15, -0.1) is 0 Å². The van der Waals surface area contributed by atoms with Crippen molar-refractivity contribution >= 4 is 11.7 Å². The molecule has 0 aliphatic carbocycles. The van der Waals surface area contributed by atoms with Gasteiger partial charge in [-0.05, 0) is 19.4 Å². The van der Waals surface area contributed by atoms with E-state index >= 15 is 0 Å². The van der Waals surface area contributed by atoms with E-state index in [-0.39, 0.29) is 17.6 Å². The van der Waals surface area contributed by atoms with Crippen LogP contribution in [-0.4, -0.2) is 39.5 Å². The maximum Gasteiger partial charge on any atom is 0.272 e. The highest BCUT2D eigenvalue weighted by atomic mass is 16.2. The summed E-state index contributed by atoms with van der Waals surface area (Å²) in [5.41, 5.74) is 1.58. The number of likely N-dealkylation sites (tertiary alicyclic amines) is 1. The van der Waals surface area contributed by atoms with Crippen LogP contribution >= 0.6 is 0 Å². The maximum atomic E-state index is 12.5. The summed E-state index contributed by atoms with van der Waals surface area (Å²) in [5.74, 6) is 0.192. The van der Waals surface area contributed by atoms with E-state index in [1.807, 2.05) is 26.8 Å². The molecule has 0 saturated carbocycles. The van der Waals surface area contributed by atoms with Crippen LogP contribution in [0, 0.1) is 5.92 Å². The number of hydrogen-bond acceptors (Lipinski definition) is 3. The summed E-state index contributed by atoms with van der Waals surface area (Å²) in [6.07, 6.45) is 1.29. The first-order valence-corrected chi connectivity index (χ1v) is 6.95. The Balaban J connectivity index is 2.19. The second-order valence-electron chi connectivity index (χ2n) is 5.06. The van der Waals surface area contributed by atoms with Crippen LogP contribution in [0.15, 0.2) is 6.07 Å². The molecule has 1 unspecified atom stereocenters. The van der Waals surface area contributed by atoms with Gasteiger partial charge in [-0.25, -0.2) is 0 Å². The number of Topliss-reactive ketones (excluding diaryl/α,β-unsaturated/α-hetero) is 1. The van der Waals surface area contributed by atoms with Crippen LogP contribution in [0.3, 0.4) is 0 Å². The Hall–Kier alpha value is -1.65. The molecular weight excluding hydrogens is 242 g/mol. The molecule has 5 nitrogen and oxygen atoms in total. The van der Waals surface area contributed by atoms with Gasteiger partial charge in [0.15, 0.2) is 0 Å². The highest BCUT2D eigenvalue weighted by Crippen LogP contribution is 2.16. The number of rotatable bonds is 3. The zero-order valence-corrected chi connectivity index (χ0v) is 11.8. The molecule has 0 bridgehead atoms. The lowest BCUT2D eigenvalue weighted by molar-refractivity contribution is -0.124. The van der Waals surface area contributed by atoms with E-state index in [9.17, 15) is 9.59 Å². The molecule has 1 aliphatic heterocycles. The number of piperidine rings is 1. The van der Waals surface area contributed by atoms with E-state index in [2.05, 4.69) is 5.10 Å². The van der Waals surface area contributed by atoms with Crippen LogP contribution in [0.2, 0.25) is 0 Å². The summed E-state index contributed by atoms with van der Waals surface area (Å²) in [4.78, 5) is 25.8. The molecule has 0 spiro atoms. The van der Waals surface area contributed by atoms with Crippen LogP contribution in [0.4, 0.5) is 0 Å². The maximum absolute atomic E-state index is 12.5. The first-order valence-electron chi connectivity index (χ1n) is 6.95. The number of aromatic nitrogens is 2. The smallest absolute Gasteiger partial charge is 0.272 e. The van der Waals surface area contributed by atoms with Crippen molar-refractivity contribution in [3.05, 3.63) is 17.5 Å². The first kappa shape index (κ1) is 13.8. The second kappa shape index (κ2) is 5.55. The second-order valence-corrected chi connectivity index (χ2v) is 5.06. The third kappa shape index (κ3) is 2.69. The Morgan fingerprint density at radius 2 is 2.21 bits per heavy atom. The number of carbonyl (C=O) groups is 2. The van der Waals surface area contributed by atoms with Gasteiger partial charge < -0.3 is 4.90 Å². The van der Waals surface area contributed by atoms with Crippen molar-refractivity contribution in [2.24, 2.45) is 5.92 Å². The summed E-state index contributed by atoms with van der Waals surface area (Å²) >= 11 is 0. The summed E-state index contributed by atoms with van der Waals surface area (Å²) in [7, 11) is 0. The van der Waals surface area contributed by atoms with Crippen molar-refractivity contribution < 1.29 is 9.59 Å². The average molecular weight is 263 g/mol. The molecular formula is C14H21N3O2. The lowest BCUT2D eigenvalue weighted by atomic mass is 9.98. The molecule has 1 amide bonds. The van der Waals surface area contributed by atoms with Gasteiger partial charge in [0.1, 0.15) is 11.5 Å². The zero-order valence-electron chi connectivity index (χ0n) is 11.8. The molecule has 0 aromatic carbocycles. The largest absolute Gasteiger partial charge is 0.336 e. The van der Waals surface area contributed by atoms with Crippen LogP contribution in [0.25, 0.3) is 0 Å². The third-order valence-electron chi connectivity index (χ3n) is 3.67. The Kier molecular flexibility index (Phi) is 4.02. The van der Waals surface area contributed by atoms with Gasteiger partial charge in [0.25, 0.3) is 5.91 Å². The van der Waals surface area contributed by atoms with Crippen molar-refractivity contribution in [3.8, 4) is 0 Å². The topological polar surface area (TPSA) is 55.2 Å². The molecule has 1 aromatic rings. The molecule has 104 valence electrons. The Labute approximate surface area is 113 Å². The highest BCUT2D eigenvalue weighted by molar-refractivity contribution is 5.94. The lowest BCUT2D eigenvalue weighted by Gasteiger charge is -2.30. The summed E-state index contributed by atoms with van der Waals surface area (Å²) in [6.45, 7) is 7.62. The molecule has 5 heteroatoms. The Bertz CT molecular complexity index is 493. The molecule has 1 aromatic heterocycles. The van der Waals surface area contributed by atoms with Gasteiger partial charge in [-0.1, -0.05) is 13.8 Å². The van der Waals surface area contributed by atoms with Gasteiger partial charge in [-0.2, -0.15) is 5.10 Å². The molecule has 1 saturated heterocycles. The number of amides is 1. The Morgan fingerprint density at radius 1 is 1.47 bits per heavy atom. The van der Waals surface area contributed by atoms with Gasteiger partial charge in [0.05, 0.1) is 5.69 Å². The molecule has 0 radical (unpaired) electrons. The fraction of sp³-hybridized carbons (Fsp3) is 0.643. The zero-order chi connectivity index (χ0) is 14.0. The fourth-order valence-corrected chi connectivity index (χ4v) is 2.42. The van der Waals surface area contributed by atoms with Gasteiger partial charge >= 0.3 is 0 Å². The molecule has 2 heterocycles. The highest BCUT2D eigenvalue weighted by Gasteiger charge is 2.28. The fourth-order valence-electron chi connectivity index (χ4n) is 2.42. The minimum Gasteiger partial charge on any atom is -0.336 e. The average Bonchev–Trinajstić information content (AvgIpc) is 2.84. The van der Waals surface area contributed by atoms with Crippen molar-refractivity contribution in [1.82, 2.24) is 14.7 Å². The summed E-state index contributed by atoms with van der Waals surface area (Å²) < 4.78 is 1.75. The number of nitrogens with zero attached hydrogens (tertiary/aromatic N) is 3. The van der Waals surface area contributed by atoms with Crippen LogP contribution in [-0.2, 0) is 17.8 Å². The molecule has 2 rings (SSSR count). The molecule has 1 aliphatic rings. The van der Waals surface area contributed by atoms with E-state index in [0.717, 1.165) is 12.1 Å². The minimum atomic E-state index is -0.0543. The van der Waals surface area contributed by atoms with E-state index in [1.54, 1.807) is 9.58 Å². The van der Waals surface area contributed by atoms with Gasteiger partial charge in [0, 0.05) is 32.0 Å². The number of carbonyl (C=O) groups excluding carboxylic acids is 2. The van der Waals surface area contributed by atoms with E-state index < -0.39 is 0 Å². The van der Waals surface area contributed by atoms with Gasteiger partial charge in [-0.3, -0.25) is 14.3 Å². The van der Waals surface area contributed by atoms with E-state index in [0.29, 0.717) is 31.7 Å². The van der Waals surface area contributed by atoms with E-state index in [4.69, 9.17) is 0 Å². The van der Waals surface area contributed by atoms with Gasteiger partial charge in [0.2, 0.25) is 0 Å². The SMILES string of the molecule is CCc1cc(C(=O)N2CCC(=O)C(C)C2)n(CC)n1. The quantitative estimate of drug-likeness (QED) is 0.830. The van der Waals surface area contributed by atoms with Crippen molar-refractivity contribution in [2.75, 3.05) is 13.1 Å². The van der Waals surface area contributed by atoms with Crippen molar-refractivity contribution in [2.45, 2.75) is 40.2 Å².